The molecule has 162 valence electrons. The van der Waals surface area contributed by atoms with Gasteiger partial charge in [0, 0.05) is 11.4 Å². The molecule has 5 heteroatoms. The Balaban J connectivity index is 1.55. The van der Waals surface area contributed by atoms with Crippen LogP contribution in [-0.2, 0) is 16.0 Å². The molecule has 0 spiro atoms. The zero-order valence-electron chi connectivity index (χ0n) is 18.7. The third-order valence-electron chi connectivity index (χ3n) is 6.40. The van der Waals surface area contributed by atoms with Crippen LogP contribution in [0.15, 0.2) is 41.4 Å². The molecule has 1 aliphatic carbocycles. The SMILES string of the molecule is CCCCc1ccc(NC(=O)CN2C(=O)C3CCCC3=Nc3cc(C)c(C)cc32)cc1. The van der Waals surface area contributed by atoms with Gasteiger partial charge in [0.2, 0.25) is 11.8 Å². The molecule has 1 unspecified atom stereocenters. The van der Waals surface area contributed by atoms with Crippen LogP contribution >= 0.6 is 0 Å². The van der Waals surface area contributed by atoms with Crippen LogP contribution in [0.4, 0.5) is 17.1 Å². The van der Waals surface area contributed by atoms with Gasteiger partial charge in [0.05, 0.1) is 17.3 Å². The highest BCUT2D eigenvalue weighted by atomic mass is 16.2. The van der Waals surface area contributed by atoms with Crippen molar-refractivity contribution < 1.29 is 9.59 Å². The van der Waals surface area contributed by atoms with E-state index < -0.39 is 0 Å². The van der Waals surface area contributed by atoms with Gasteiger partial charge in [-0.1, -0.05) is 25.5 Å². The Morgan fingerprint density at radius 2 is 1.90 bits per heavy atom. The molecule has 1 aliphatic heterocycles. The van der Waals surface area contributed by atoms with E-state index >= 15 is 0 Å². The number of hydrogen-bond acceptors (Lipinski definition) is 3. The van der Waals surface area contributed by atoms with Gasteiger partial charge >= 0.3 is 0 Å². The van der Waals surface area contributed by atoms with E-state index in [1.807, 2.05) is 31.2 Å². The highest BCUT2D eigenvalue weighted by Gasteiger charge is 2.37. The number of aliphatic imine (C=N–C) groups is 1. The molecule has 5 nitrogen and oxygen atoms in total. The van der Waals surface area contributed by atoms with Crippen molar-refractivity contribution in [2.75, 3.05) is 16.8 Å². The first-order valence-electron chi connectivity index (χ1n) is 11.3. The van der Waals surface area contributed by atoms with Gasteiger partial charge in [0.1, 0.15) is 6.54 Å². The van der Waals surface area contributed by atoms with Gasteiger partial charge < -0.3 is 10.2 Å². The maximum atomic E-state index is 13.4. The summed E-state index contributed by atoms with van der Waals surface area (Å²) in [5.41, 5.74) is 6.74. The summed E-state index contributed by atoms with van der Waals surface area (Å²) in [6, 6.07) is 12.0. The number of fused-ring (bicyclic) bond motifs is 2. The van der Waals surface area contributed by atoms with E-state index in [4.69, 9.17) is 4.99 Å². The molecule has 0 radical (unpaired) electrons. The standard InChI is InChI=1S/C26H31N3O2/c1-4-5-7-19-10-12-20(13-11-19)27-25(30)16-29-24-15-18(3)17(2)14-23(24)28-22-9-6-8-21(22)26(29)31/h10-15,21H,4-9,16H2,1-3H3,(H,27,30). The van der Waals surface area contributed by atoms with Gasteiger partial charge in [-0.15, -0.1) is 0 Å². The summed E-state index contributed by atoms with van der Waals surface area (Å²) in [5.74, 6) is -0.415. The second kappa shape index (κ2) is 9.04. The van der Waals surface area contributed by atoms with Crippen molar-refractivity contribution >= 4 is 34.6 Å². The molecule has 2 amide bonds. The Kier molecular flexibility index (Phi) is 6.21. The van der Waals surface area contributed by atoms with Gasteiger partial charge in [0.15, 0.2) is 0 Å². The third kappa shape index (κ3) is 4.55. The number of rotatable bonds is 6. The van der Waals surface area contributed by atoms with Crippen LogP contribution in [-0.4, -0.2) is 24.1 Å². The summed E-state index contributed by atoms with van der Waals surface area (Å²) >= 11 is 0. The number of carbonyl (C=O) groups is 2. The van der Waals surface area contributed by atoms with Crippen molar-refractivity contribution in [2.24, 2.45) is 10.9 Å². The van der Waals surface area contributed by atoms with Crippen LogP contribution in [0.3, 0.4) is 0 Å². The Morgan fingerprint density at radius 3 is 2.65 bits per heavy atom. The van der Waals surface area contributed by atoms with E-state index in [0.717, 1.165) is 72.4 Å². The summed E-state index contributed by atoms with van der Waals surface area (Å²) in [6.07, 6.45) is 6.00. The lowest BCUT2D eigenvalue weighted by Crippen LogP contribution is -2.42. The number of amides is 2. The lowest BCUT2D eigenvalue weighted by atomic mass is 10.0. The van der Waals surface area contributed by atoms with E-state index in [-0.39, 0.29) is 24.3 Å². The monoisotopic (exact) mass is 417 g/mol. The summed E-state index contributed by atoms with van der Waals surface area (Å²) in [5, 5.41) is 2.96. The Bertz CT molecular complexity index is 1020. The number of nitrogens with zero attached hydrogens (tertiary/aromatic N) is 2. The molecule has 0 bridgehead atoms. The highest BCUT2D eigenvalue weighted by Crippen LogP contribution is 2.39. The van der Waals surface area contributed by atoms with Crippen LogP contribution in [0.1, 0.15) is 55.7 Å². The predicted molar refractivity (Wildman–Crippen MR) is 126 cm³/mol. The van der Waals surface area contributed by atoms with Gasteiger partial charge in [0.25, 0.3) is 0 Å². The smallest absolute Gasteiger partial charge is 0.244 e. The van der Waals surface area contributed by atoms with Crippen LogP contribution in [0.25, 0.3) is 0 Å². The van der Waals surface area contributed by atoms with E-state index in [1.54, 1.807) is 4.90 Å². The fourth-order valence-electron chi connectivity index (χ4n) is 4.42. The first-order valence-corrected chi connectivity index (χ1v) is 11.3. The number of nitrogens with one attached hydrogen (secondary N) is 1. The molecular weight excluding hydrogens is 386 g/mol. The highest BCUT2D eigenvalue weighted by molar-refractivity contribution is 6.16. The van der Waals surface area contributed by atoms with E-state index in [2.05, 4.69) is 31.3 Å². The molecule has 0 aromatic heterocycles. The Labute approximate surface area is 184 Å². The maximum absolute atomic E-state index is 13.4. The lowest BCUT2D eigenvalue weighted by Gasteiger charge is -2.25. The van der Waals surface area contributed by atoms with Gasteiger partial charge in [-0.3, -0.25) is 14.6 Å². The van der Waals surface area contributed by atoms with E-state index in [0.29, 0.717) is 0 Å². The zero-order valence-corrected chi connectivity index (χ0v) is 18.7. The van der Waals surface area contributed by atoms with Crippen LogP contribution in [0.2, 0.25) is 0 Å². The van der Waals surface area contributed by atoms with Crippen molar-refractivity contribution in [1.82, 2.24) is 0 Å². The van der Waals surface area contributed by atoms with Crippen molar-refractivity contribution in [2.45, 2.75) is 59.3 Å². The van der Waals surface area contributed by atoms with Crippen LogP contribution in [0, 0.1) is 19.8 Å². The zero-order chi connectivity index (χ0) is 22.0. The number of aryl methyl sites for hydroxylation is 3. The molecule has 1 N–H and O–H groups in total. The molecular formula is C26H31N3O2. The number of anilines is 2. The molecule has 2 aromatic carbocycles. The van der Waals surface area contributed by atoms with Crippen molar-refractivity contribution in [3.63, 3.8) is 0 Å². The van der Waals surface area contributed by atoms with E-state index in [9.17, 15) is 9.59 Å². The third-order valence-corrected chi connectivity index (χ3v) is 6.40. The number of hydrogen-bond donors (Lipinski definition) is 1. The van der Waals surface area contributed by atoms with Crippen LogP contribution < -0.4 is 10.2 Å². The lowest BCUT2D eigenvalue weighted by molar-refractivity contribution is -0.122. The summed E-state index contributed by atoms with van der Waals surface area (Å²) in [4.78, 5) is 32.8. The second-order valence-electron chi connectivity index (χ2n) is 8.75. The minimum absolute atomic E-state index is 0.00871. The maximum Gasteiger partial charge on any atom is 0.244 e. The fourth-order valence-corrected chi connectivity index (χ4v) is 4.42. The number of unbranched alkanes of at least 4 members (excludes halogenated alkanes) is 1. The first-order chi connectivity index (χ1) is 15.0. The molecule has 1 saturated carbocycles. The Hall–Kier alpha value is -2.95. The Morgan fingerprint density at radius 1 is 1.16 bits per heavy atom. The molecule has 4 rings (SSSR count). The normalized spacial score (nSPS) is 17.6. The molecule has 1 fully saturated rings. The molecule has 1 atom stereocenters. The summed E-state index contributed by atoms with van der Waals surface area (Å²) in [7, 11) is 0. The van der Waals surface area contributed by atoms with Gasteiger partial charge in [-0.05, 0) is 86.9 Å². The summed E-state index contributed by atoms with van der Waals surface area (Å²) in [6.45, 7) is 6.25. The quantitative estimate of drug-likeness (QED) is 0.674. The van der Waals surface area contributed by atoms with Crippen molar-refractivity contribution in [3.8, 4) is 0 Å². The summed E-state index contributed by atoms with van der Waals surface area (Å²) < 4.78 is 0. The average Bonchev–Trinajstić information content (AvgIpc) is 3.18. The van der Waals surface area contributed by atoms with Crippen molar-refractivity contribution in [3.05, 3.63) is 53.1 Å². The topological polar surface area (TPSA) is 61.8 Å². The molecule has 1 heterocycles. The fraction of sp³-hybridized carbons (Fsp3) is 0.423. The number of carbonyl (C=O) groups excluding carboxylic acids is 2. The largest absolute Gasteiger partial charge is 0.325 e. The predicted octanol–water partition coefficient (Wildman–Crippen LogP) is 5.50. The molecule has 0 saturated heterocycles. The molecule has 2 aliphatic rings. The minimum Gasteiger partial charge on any atom is -0.325 e. The van der Waals surface area contributed by atoms with E-state index in [1.165, 1.54) is 5.56 Å². The minimum atomic E-state index is -0.210. The van der Waals surface area contributed by atoms with Gasteiger partial charge in [-0.25, -0.2) is 0 Å². The first kappa shape index (κ1) is 21.3. The van der Waals surface area contributed by atoms with Gasteiger partial charge in [-0.2, -0.15) is 0 Å². The van der Waals surface area contributed by atoms with Crippen LogP contribution in [0.5, 0.6) is 0 Å². The molecule has 31 heavy (non-hydrogen) atoms. The van der Waals surface area contributed by atoms with Crippen molar-refractivity contribution in [1.29, 1.82) is 0 Å². The second-order valence-corrected chi connectivity index (χ2v) is 8.75. The average molecular weight is 418 g/mol. The number of benzene rings is 2. The molecule has 2 aromatic rings.